The Hall–Kier alpha value is -5.05. The normalized spacial score (nSPS) is 33.4. The quantitative estimate of drug-likeness (QED) is 0.120. The summed E-state index contributed by atoms with van der Waals surface area (Å²) in [6.07, 6.45) is -26.4. The summed E-state index contributed by atoms with van der Waals surface area (Å²) in [5.74, 6) is -8.28. The minimum Gasteiger partial charge on any atom is -0.463 e. The molecule has 0 spiro atoms. The van der Waals surface area contributed by atoms with Crippen molar-refractivity contribution in [3.8, 4) is 0 Å². The summed E-state index contributed by atoms with van der Waals surface area (Å²) < 4.78 is 77.3. The second kappa shape index (κ2) is 22.7. The molecule has 3 aliphatic heterocycles. The van der Waals surface area contributed by atoms with Crippen LogP contribution < -0.4 is 0 Å². The number of rotatable bonds is 16. The smallest absolute Gasteiger partial charge is 0.303 e. The molecule has 3 fully saturated rings. The number of hydrogen-bond acceptors (Lipinski definition) is 25. The van der Waals surface area contributed by atoms with Crippen molar-refractivity contribution in [2.24, 2.45) is 0 Å². The summed E-state index contributed by atoms with van der Waals surface area (Å²) in [6.45, 7) is 6.96. The van der Waals surface area contributed by atoms with Gasteiger partial charge in [-0.1, -0.05) is 0 Å². The Labute approximate surface area is 347 Å². The molecule has 0 radical (unpaired) electrons. The van der Waals surface area contributed by atoms with Crippen LogP contribution in [-0.4, -0.2) is 176 Å². The maximum Gasteiger partial charge on any atom is 0.303 e. The topological polar surface area (TPSA) is 323 Å². The molecule has 0 bridgehead atoms. The Bertz CT molecular complexity index is 1610. The van der Waals surface area contributed by atoms with Gasteiger partial charge >= 0.3 is 53.7 Å². The van der Waals surface area contributed by atoms with Gasteiger partial charge in [0.1, 0.15) is 43.7 Å². The highest BCUT2D eigenvalue weighted by atomic mass is 16.8. The van der Waals surface area contributed by atoms with Crippen molar-refractivity contribution >= 4 is 53.7 Å². The fraction of sp³-hybridized carbons (Fsp3) is 0.750. The van der Waals surface area contributed by atoms with Gasteiger partial charge in [-0.05, 0) is 0 Å². The monoisotopic (exact) mass is 882 g/mol. The first-order valence-corrected chi connectivity index (χ1v) is 18.6. The molecule has 2 N–H and O–H groups in total. The first kappa shape index (κ1) is 50.3. The molecular formula is C36H50O25. The highest BCUT2D eigenvalue weighted by Gasteiger charge is 2.57. The summed E-state index contributed by atoms with van der Waals surface area (Å²) in [6, 6.07) is 0. The van der Waals surface area contributed by atoms with E-state index < -0.39 is 166 Å². The van der Waals surface area contributed by atoms with Gasteiger partial charge in [0, 0.05) is 62.3 Å². The van der Waals surface area contributed by atoms with E-state index in [0.29, 0.717) is 0 Å². The van der Waals surface area contributed by atoms with Gasteiger partial charge in [0.15, 0.2) is 61.6 Å². The average Bonchev–Trinajstić information content (AvgIpc) is 3.12. The molecule has 3 aliphatic rings. The zero-order valence-electron chi connectivity index (χ0n) is 34.6. The summed E-state index contributed by atoms with van der Waals surface area (Å²) in [5.41, 5.74) is 0. The number of carbonyl (C=O) groups excluding carboxylic acids is 9. The lowest BCUT2D eigenvalue weighted by Gasteiger charge is -2.48. The molecule has 25 heteroatoms. The van der Waals surface area contributed by atoms with Gasteiger partial charge in [-0.15, -0.1) is 0 Å². The fourth-order valence-electron chi connectivity index (χ4n) is 6.50. The molecule has 61 heavy (non-hydrogen) atoms. The molecule has 0 amide bonds. The molecule has 344 valence electrons. The van der Waals surface area contributed by atoms with Gasteiger partial charge in [-0.2, -0.15) is 0 Å². The summed E-state index contributed by atoms with van der Waals surface area (Å²) in [5, 5.41) is 22.2. The van der Waals surface area contributed by atoms with Crippen molar-refractivity contribution in [3.05, 3.63) is 0 Å². The molecule has 0 aromatic carbocycles. The number of ether oxygens (including phenoxy) is 14. The van der Waals surface area contributed by atoms with Gasteiger partial charge < -0.3 is 76.5 Å². The highest BCUT2D eigenvalue weighted by molar-refractivity contribution is 5.70. The van der Waals surface area contributed by atoms with Crippen molar-refractivity contribution in [1.82, 2.24) is 0 Å². The van der Waals surface area contributed by atoms with Crippen molar-refractivity contribution in [2.75, 3.05) is 19.8 Å². The Morgan fingerprint density at radius 3 is 1.07 bits per heavy atom. The molecule has 0 aromatic heterocycles. The van der Waals surface area contributed by atoms with Crippen LogP contribution in [-0.2, 0) is 109 Å². The van der Waals surface area contributed by atoms with E-state index in [-0.39, 0.29) is 0 Å². The van der Waals surface area contributed by atoms with Crippen LogP contribution in [0.15, 0.2) is 0 Å². The lowest BCUT2D eigenvalue weighted by molar-refractivity contribution is -0.363. The minimum absolute atomic E-state index is 0.607. The third-order valence-corrected chi connectivity index (χ3v) is 8.55. The van der Waals surface area contributed by atoms with Crippen molar-refractivity contribution < 1.29 is 120 Å². The second-order valence-electron chi connectivity index (χ2n) is 13.7. The molecule has 0 saturated carbocycles. The van der Waals surface area contributed by atoms with E-state index in [2.05, 4.69) is 0 Å². The predicted octanol–water partition coefficient (Wildman–Crippen LogP) is -2.44. The largest absolute Gasteiger partial charge is 0.463 e. The summed E-state index contributed by atoms with van der Waals surface area (Å²) in [4.78, 5) is 110. The maximum atomic E-state index is 12.5. The van der Waals surface area contributed by atoms with E-state index in [1.165, 1.54) is 0 Å². The van der Waals surface area contributed by atoms with Crippen molar-refractivity contribution in [1.29, 1.82) is 0 Å². The van der Waals surface area contributed by atoms with E-state index in [1.807, 2.05) is 0 Å². The molecule has 3 heterocycles. The molecular weight excluding hydrogens is 832 g/mol. The Morgan fingerprint density at radius 1 is 0.377 bits per heavy atom. The second-order valence-corrected chi connectivity index (χ2v) is 13.7. The first-order valence-electron chi connectivity index (χ1n) is 18.6. The minimum atomic E-state index is -2.17. The Kier molecular flexibility index (Phi) is 18.7. The predicted molar refractivity (Wildman–Crippen MR) is 187 cm³/mol. The molecule has 25 nitrogen and oxygen atoms in total. The van der Waals surface area contributed by atoms with Crippen LogP contribution in [0.25, 0.3) is 0 Å². The molecule has 15 atom stereocenters. The SMILES string of the molecule is CC(=O)OCC1OC(OCC2OC(O)C(O)C(OC3OC(COC(C)=O)C(OC(C)=O)C(OC(C)=O)C3OC(C)=O)C2OC(C)=O)C(OC(C)=O)C(OC(C)=O)C1OC(C)=O. The van der Waals surface area contributed by atoms with E-state index >= 15 is 0 Å². The number of esters is 9. The number of hydrogen-bond donors (Lipinski definition) is 2. The maximum absolute atomic E-state index is 12.5. The van der Waals surface area contributed by atoms with Crippen LogP contribution in [0.3, 0.4) is 0 Å². The lowest BCUT2D eigenvalue weighted by Crippen LogP contribution is -2.67. The van der Waals surface area contributed by atoms with Gasteiger partial charge in [0.05, 0.1) is 6.61 Å². The van der Waals surface area contributed by atoms with Gasteiger partial charge in [0.25, 0.3) is 0 Å². The fourth-order valence-corrected chi connectivity index (χ4v) is 6.50. The molecule has 3 rings (SSSR count). The van der Waals surface area contributed by atoms with Gasteiger partial charge in [-0.3, -0.25) is 43.2 Å². The third kappa shape index (κ3) is 14.8. The zero-order chi connectivity index (χ0) is 45.9. The average molecular weight is 883 g/mol. The Balaban J connectivity index is 2.07. The standard InChI is InChI=1S/C36H50O25/c1-13(37)48-10-23-27(52-16(4)40)30(54-18(6)42)32(56-20(8)44)35(59-23)50-12-22-26(51-15(3)39)29(25(46)34(47)58-22)61-36-33(57-21(9)45)31(55-19(7)43)28(53-17(5)41)24(60-36)11-49-14(2)38/h22-36,46-47H,10-12H2,1-9H3. The highest BCUT2D eigenvalue weighted by Crippen LogP contribution is 2.35. The number of aliphatic hydroxyl groups excluding tert-OH is 2. The zero-order valence-corrected chi connectivity index (χ0v) is 34.6. The van der Waals surface area contributed by atoms with E-state index in [1.54, 1.807) is 0 Å². The van der Waals surface area contributed by atoms with E-state index in [4.69, 9.17) is 66.3 Å². The van der Waals surface area contributed by atoms with Crippen LogP contribution in [0.1, 0.15) is 62.3 Å². The lowest BCUT2D eigenvalue weighted by atomic mass is 9.96. The van der Waals surface area contributed by atoms with Crippen LogP contribution in [0.2, 0.25) is 0 Å². The van der Waals surface area contributed by atoms with E-state index in [9.17, 15) is 53.4 Å². The van der Waals surface area contributed by atoms with Crippen LogP contribution in [0.5, 0.6) is 0 Å². The third-order valence-electron chi connectivity index (χ3n) is 8.55. The van der Waals surface area contributed by atoms with Gasteiger partial charge in [0.2, 0.25) is 0 Å². The number of carbonyl (C=O) groups is 9. The van der Waals surface area contributed by atoms with Crippen molar-refractivity contribution in [3.63, 3.8) is 0 Å². The van der Waals surface area contributed by atoms with Crippen LogP contribution >= 0.6 is 0 Å². The summed E-state index contributed by atoms with van der Waals surface area (Å²) in [7, 11) is 0. The molecule has 15 unspecified atom stereocenters. The summed E-state index contributed by atoms with van der Waals surface area (Å²) >= 11 is 0. The first-order chi connectivity index (χ1) is 28.5. The molecule has 0 aliphatic carbocycles. The number of aliphatic hydroxyl groups is 2. The van der Waals surface area contributed by atoms with E-state index in [0.717, 1.165) is 62.3 Å². The Morgan fingerprint density at radius 2 is 0.689 bits per heavy atom. The van der Waals surface area contributed by atoms with Crippen molar-refractivity contribution in [2.45, 2.75) is 154 Å². The van der Waals surface area contributed by atoms with Crippen LogP contribution in [0.4, 0.5) is 0 Å². The van der Waals surface area contributed by atoms with Crippen LogP contribution in [0, 0.1) is 0 Å². The molecule has 0 aromatic rings. The van der Waals surface area contributed by atoms with Gasteiger partial charge in [-0.25, -0.2) is 0 Å². The molecule has 3 saturated heterocycles.